The summed E-state index contributed by atoms with van der Waals surface area (Å²) in [5.74, 6) is -0.337. The van der Waals surface area contributed by atoms with Crippen LogP contribution in [-0.2, 0) is 10.4 Å². The molecule has 0 saturated carbocycles. The van der Waals surface area contributed by atoms with Crippen molar-refractivity contribution in [3.8, 4) is 0 Å². The van der Waals surface area contributed by atoms with Crippen molar-refractivity contribution in [2.45, 2.75) is 12.5 Å². The number of fused-ring (bicyclic) bond motifs is 2. The zero-order chi connectivity index (χ0) is 16.9. The monoisotopic (exact) mass is 318 g/mol. The molecule has 1 aliphatic rings. The summed E-state index contributed by atoms with van der Waals surface area (Å²) in [6.07, 6.45) is 1.73. The third-order valence-corrected chi connectivity index (χ3v) is 4.55. The van der Waals surface area contributed by atoms with E-state index in [0.717, 1.165) is 22.2 Å². The van der Waals surface area contributed by atoms with Gasteiger partial charge in [-0.3, -0.25) is 4.79 Å². The summed E-state index contributed by atoms with van der Waals surface area (Å²) in [4.78, 5) is 17.9. The van der Waals surface area contributed by atoms with Crippen LogP contribution in [0.2, 0.25) is 0 Å². The molecule has 24 heavy (non-hydrogen) atoms. The molecule has 1 aliphatic heterocycles. The lowest BCUT2D eigenvalue weighted by atomic mass is 9.87. The summed E-state index contributed by atoms with van der Waals surface area (Å²) >= 11 is 0. The van der Waals surface area contributed by atoms with Gasteiger partial charge in [0.1, 0.15) is 0 Å². The second kappa shape index (κ2) is 5.08. The van der Waals surface area contributed by atoms with Crippen LogP contribution in [0.4, 0.5) is 5.69 Å². The fraction of sp³-hybridized carbons (Fsp3) is 0.150. The Labute approximate surface area is 140 Å². The first-order valence-electron chi connectivity index (χ1n) is 7.88. The van der Waals surface area contributed by atoms with Gasteiger partial charge in [0.05, 0.1) is 5.69 Å². The molecule has 0 bridgehead atoms. The highest BCUT2D eigenvalue weighted by Crippen LogP contribution is 2.46. The van der Waals surface area contributed by atoms with Crippen LogP contribution in [0.15, 0.2) is 66.9 Å². The van der Waals surface area contributed by atoms with Gasteiger partial charge in [-0.1, -0.05) is 48.6 Å². The van der Waals surface area contributed by atoms with Gasteiger partial charge in [0.2, 0.25) is 0 Å². The molecule has 0 saturated heterocycles. The maximum Gasteiger partial charge on any atom is 0.268 e. The van der Waals surface area contributed by atoms with Crippen molar-refractivity contribution in [1.82, 2.24) is 4.98 Å². The topological polar surface area (TPSA) is 56.3 Å². The van der Waals surface area contributed by atoms with Crippen LogP contribution in [0.3, 0.4) is 0 Å². The number of anilines is 1. The van der Waals surface area contributed by atoms with Crippen LogP contribution in [0.5, 0.6) is 0 Å². The Morgan fingerprint density at radius 1 is 1.17 bits per heavy atom. The number of para-hydroxylation sites is 2. The number of aromatic amines is 1. The van der Waals surface area contributed by atoms with Crippen LogP contribution in [0.1, 0.15) is 18.1 Å². The van der Waals surface area contributed by atoms with Gasteiger partial charge in [-0.25, -0.2) is 0 Å². The molecule has 2 heterocycles. The molecule has 1 atom stereocenters. The number of hydrogen-bond acceptors (Lipinski definition) is 2. The number of nitrogens with zero attached hydrogens (tertiary/aromatic N) is 1. The Balaban J connectivity index is 1.97. The van der Waals surface area contributed by atoms with Crippen molar-refractivity contribution in [2.75, 3.05) is 11.4 Å². The van der Waals surface area contributed by atoms with Gasteiger partial charge in [0, 0.05) is 34.8 Å². The second-order valence-corrected chi connectivity index (χ2v) is 6.32. The SMILES string of the molecule is C=C(C)CN1C(=O)[C@@](O)(c2c[nH]c3ccccc23)c2ccccc21. The van der Waals surface area contributed by atoms with E-state index in [0.29, 0.717) is 17.7 Å². The number of hydrogen-bond donors (Lipinski definition) is 2. The quantitative estimate of drug-likeness (QED) is 0.728. The lowest BCUT2D eigenvalue weighted by Gasteiger charge is -2.23. The average Bonchev–Trinajstić information content (AvgIpc) is 3.10. The normalized spacial score (nSPS) is 19.8. The number of aromatic nitrogens is 1. The Bertz CT molecular complexity index is 972. The van der Waals surface area contributed by atoms with Crippen molar-refractivity contribution in [3.05, 3.63) is 78.0 Å². The summed E-state index contributed by atoms with van der Waals surface area (Å²) in [6.45, 7) is 6.17. The summed E-state index contributed by atoms with van der Waals surface area (Å²) in [5.41, 5.74) is 2.00. The number of rotatable bonds is 3. The zero-order valence-electron chi connectivity index (χ0n) is 13.4. The Hall–Kier alpha value is -2.85. The molecule has 0 radical (unpaired) electrons. The molecular formula is C20H18N2O2. The molecule has 4 nitrogen and oxygen atoms in total. The highest BCUT2D eigenvalue weighted by atomic mass is 16.3. The summed E-state index contributed by atoms with van der Waals surface area (Å²) in [5, 5.41) is 12.4. The van der Waals surface area contributed by atoms with Crippen LogP contribution in [0.25, 0.3) is 10.9 Å². The standard InChI is InChI=1S/C20H18N2O2/c1-13(2)12-22-18-10-6-4-8-15(18)20(24,19(22)23)16-11-21-17-9-5-3-7-14(16)17/h3-11,21,24H,1,12H2,2H3/t20-/m0/s1. The molecule has 1 aromatic heterocycles. The maximum atomic E-state index is 13.2. The van der Waals surface area contributed by atoms with E-state index in [2.05, 4.69) is 11.6 Å². The lowest BCUT2D eigenvalue weighted by molar-refractivity contribution is -0.132. The fourth-order valence-corrected chi connectivity index (χ4v) is 3.49. The van der Waals surface area contributed by atoms with Crippen LogP contribution < -0.4 is 4.90 Å². The van der Waals surface area contributed by atoms with Crippen LogP contribution in [0, 0.1) is 0 Å². The van der Waals surface area contributed by atoms with Crippen LogP contribution >= 0.6 is 0 Å². The lowest BCUT2D eigenvalue weighted by Crippen LogP contribution is -2.41. The van der Waals surface area contributed by atoms with E-state index in [9.17, 15) is 9.90 Å². The molecular weight excluding hydrogens is 300 g/mol. The largest absolute Gasteiger partial charge is 0.372 e. The second-order valence-electron chi connectivity index (χ2n) is 6.32. The maximum absolute atomic E-state index is 13.2. The Kier molecular flexibility index (Phi) is 3.11. The predicted octanol–water partition coefficient (Wildman–Crippen LogP) is 3.33. The molecule has 2 N–H and O–H groups in total. The van der Waals surface area contributed by atoms with Gasteiger partial charge in [-0.2, -0.15) is 0 Å². The van der Waals surface area contributed by atoms with Crippen molar-refractivity contribution >= 4 is 22.5 Å². The molecule has 0 spiro atoms. The highest BCUT2D eigenvalue weighted by molar-refractivity contribution is 6.11. The van der Waals surface area contributed by atoms with Crippen LogP contribution in [-0.4, -0.2) is 22.5 Å². The van der Waals surface area contributed by atoms with Gasteiger partial charge in [0.25, 0.3) is 5.91 Å². The van der Waals surface area contributed by atoms with Crippen molar-refractivity contribution in [1.29, 1.82) is 0 Å². The molecule has 0 unspecified atom stereocenters. The summed E-state index contributed by atoms with van der Waals surface area (Å²) in [7, 11) is 0. The van der Waals surface area contributed by atoms with E-state index in [4.69, 9.17) is 0 Å². The number of amides is 1. The molecule has 1 amide bonds. The number of H-pyrrole nitrogens is 1. The third kappa shape index (κ3) is 1.87. The molecule has 120 valence electrons. The van der Waals surface area contributed by atoms with E-state index >= 15 is 0 Å². The molecule has 4 heteroatoms. The van der Waals surface area contributed by atoms with E-state index in [1.165, 1.54) is 0 Å². The Morgan fingerprint density at radius 3 is 2.67 bits per heavy atom. The first-order chi connectivity index (χ1) is 11.5. The number of carbonyl (C=O) groups is 1. The van der Waals surface area contributed by atoms with Crippen molar-refractivity contribution in [2.24, 2.45) is 0 Å². The average molecular weight is 318 g/mol. The molecule has 0 aliphatic carbocycles. The minimum Gasteiger partial charge on any atom is -0.372 e. The van der Waals surface area contributed by atoms with E-state index in [1.807, 2.05) is 55.5 Å². The number of carbonyl (C=O) groups excluding carboxylic acids is 1. The minimum absolute atomic E-state index is 0.337. The van der Waals surface area contributed by atoms with E-state index in [-0.39, 0.29) is 5.91 Å². The van der Waals surface area contributed by atoms with Gasteiger partial charge in [-0.15, -0.1) is 0 Å². The number of nitrogens with one attached hydrogen (secondary N) is 1. The first-order valence-corrected chi connectivity index (χ1v) is 7.88. The van der Waals surface area contributed by atoms with Gasteiger partial charge in [-0.05, 0) is 19.1 Å². The van der Waals surface area contributed by atoms with E-state index in [1.54, 1.807) is 11.1 Å². The number of benzene rings is 2. The summed E-state index contributed by atoms with van der Waals surface area (Å²) in [6, 6.07) is 15.1. The summed E-state index contributed by atoms with van der Waals surface area (Å²) < 4.78 is 0. The van der Waals surface area contributed by atoms with Gasteiger partial charge < -0.3 is 15.0 Å². The van der Waals surface area contributed by atoms with E-state index < -0.39 is 5.60 Å². The first kappa shape index (κ1) is 14.7. The number of aliphatic hydroxyl groups is 1. The van der Waals surface area contributed by atoms with Gasteiger partial charge in [0.15, 0.2) is 5.60 Å². The minimum atomic E-state index is -1.69. The van der Waals surface area contributed by atoms with Gasteiger partial charge >= 0.3 is 0 Å². The fourth-order valence-electron chi connectivity index (χ4n) is 3.49. The molecule has 0 fully saturated rings. The van der Waals surface area contributed by atoms with Crippen molar-refractivity contribution in [3.63, 3.8) is 0 Å². The van der Waals surface area contributed by atoms with Crippen molar-refractivity contribution < 1.29 is 9.90 Å². The highest BCUT2D eigenvalue weighted by Gasteiger charge is 2.51. The molecule has 3 aromatic rings. The Morgan fingerprint density at radius 2 is 1.88 bits per heavy atom. The smallest absolute Gasteiger partial charge is 0.268 e. The molecule has 4 rings (SSSR count). The zero-order valence-corrected chi connectivity index (χ0v) is 13.4. The molecule has 2 aromatic carbocycles. The third-order valence-electron chi connectivity index (χ3n) is 4.55. The predicted molar refractivity (Wildman–Crippen MR) is 94.9 cm³/mol.